The predicted molar refractivity (Wildman–Crippen MR) is 125 cm³/mol. The lowest BCUT2D eigenvalue weighted by atomic mass is 9.74. The molecule has 9 nitrogen and oxygen atoms in total. The lowest BCUT2D eigenvalue weighted by Crippen LogP contribution is -2.55. The van der Waals surface area contributed by atoms with E-state index in [1.807, 2.05) is 0 Å². The Kier molecular flexibility index (Phi) is 6.47. The number of nitrogens with one attached hydrogen (secondary N) is 2. The summed E-state index contributed by atoms with van der Waals surface area (Å²) >= 11 is 6.39. The molecule has 0 bridgehead atoms. The summed E-state index contributed by atoms with van der Waals surface area (Å²) in [5.74, 6) is -0.641. The van der Waals surface area contributed by atoms with Gasteiger partial charge in [0.25, 0.3) is 0 Å². The first-order valence-electron chi connectivity index (χ1n) is 10.7. The van der Waals surface area contributed by atoms with Crippen LogP contribution in [0.1, 0.15) is 30.1 Å². The van der Waals surface area contributed by atoms with E-state index in [4.69, 9.17) is 25.8 Å². The van der Waals surface area contributed by atoms with E-state index in [0.29, 0.717) is 24.5 Å². The molecule has 2 atom stereocenters. The second kappa shape index (κ2) is 9.34. The Bertz CT molecular complexity index is 1180. The largest absolute Gasteiger partial charge is 0.496 e. The molecule has 1 amide bonds. The van der Waals surface area contributed by atoms with Gasteiger partial charge in [0.2, 0.25) is 23.1 Å². The highest BCUT2D eigenvalue weighted by Crippen LogP contribution is 2.52. The van der Waals surface area contributed by atoms with Gasteiger partial charge in [-0.1, -0.05) is 24.6 Å². The highest BCUT2D eigenvalue weighted by Gasteiger charge is 2.60. The topological polar surface area (TPSA) is 116 Å². The number of ether oxygens (including phenoxy) is 3. The number of rotatable bonds is 7. The highest BCUT2D eigenvalue weighted by atomic mass is 35.5. The maximum atomic E-state index is 13.5. The van der Waals surface area contributed by atoms with E-state index in [2.05, 4.69) is 15.6 Å². The van der Waals surface area contributed by atoms with Crippen molar-refractivity contribution in [2.24, 2.45) is 5.92 Å². The van der Waals surface area contributed by atoms with Crippen molar-refractivity contribution < 1.29 is 28.6 Å². The zero-order chi connectivity index (χ0) is 24.5. The van der Waals surface area contributed by atoms with E-state index in [1.165, 1.54) is 26.4 Å². The quantitative estimate of drug-likeness (QED) is 0.574. The monoisotopic (exact) mass is 485 g/mol. The molecule has 1 aliphatic carbocycles. The Balaban J connectivity index is 1.48. The van der Waals surface area contributed by atoms with Crippen molar-refractivity contribution in [3.63, 3.8) is 0 Å². The van der Waals surface area contributed by atoms with Crippen LogP contribution in [-0.4, -0.2) is 48.8 Å². The molecule has 0 unspecified atom stereocenters. The Hall–Kier alpha value is -3.59. The number of pyridine rings is 1. The van der Waals surface area contributed by atoms with Gasteiger partial charge < -0.3 is 24.8 Å². The van der Waals surface area contributed by atoms with Crippen LogP contribution in [0.15, 0.2) is 42.2 Å². The Labute approximate surface area is 201 Å². The summed E-state index contributed by atoms with van der Waals surface area (Å²) in [7, 11) is 2.85. The van der Waals surface area contributed by atoms with Gasteiger partial charge >= 0.3 is 0 Å². The molecule has 0 radical (unpaired) electrons. The number of carbonyl (C=O) groups is 3. The Morgan fingerprint density at radius 2 is 2.03 bits per heavy atom. The van der Waals surface area contributed by atoms with E-state index >= 15 is 0 Å². The zero-order valence-electron chi connectivity index (χ0n) is 18.9. The van der Waals surface area contributed by atoms with Gasteiger partial charge in [-0.05, 0) is 18.6 Å². The number of Topliss-reactive ketones (excluding diaryl/α,β-unsaturated/α-hetero) is 1. The number of ketones is 2. The molecule has 0 saturated heterocycles. The molecule has 178 valence electrons. The smallest absolute Gasteiger partial charge is 0.236 e. The summed E-state index contributed by atoms with van der Waals surface area (Å²) in [4.78, 5) is 42.9. The molecule has 0 saturated carbocycles. The summed E-state index contributed by atoms with van der Waals surface area (Å²) in [6.45, 7) is 2.07. The van der Waals surface area contributed by atoms with Gasteiger partial charge in [0.05, 0.1) is 14.2 Å². The van der Waals surface area contributed by atoms with E-state index in [1.54, 1.807) is 31.3 Å². The summed E-state index contributed by atoms with van der Waals surface area (Å²) in [6.07, 6.45) is 3.49. The number of halogens is 1. The number of benzene rings is 1. The predicted octanol–water partition coefficient (Wildman–Crippen LogP) is 3.18. The van der Waals surface area contributed by atoms with Crippen molar-refractivity contribution in [2.45, 2.75) is 25.4 Å². The number of methoxy groups -OCH3 is 2. The normalized spacial score (nSPS) is 20.9. The number of carbonyl (C=O) groups excluding carboxylic acids is 3. The third kappa shape index (κ3) is 3.96. The van der Waals surface area contributed by atoms with Crippen LogP contribution >= 0.6 is 11.6 Å². The van der Waals surface area contributed by atoms with Crippen molar-refractivity contribution in [3.05, 3.63) is 52.8 Å². The first-order chi connectivity index (χ1) is 16.3. The van der Waals surface area contributed by atoms with Gasteiger partial charge in [-0.15, -0.1) is 0 Å². The minimum Gasteiger partial charge on any atom is -0.496 e. The number of amides is 1. The average molecular weight is 486 g/mol. The van der Waals surface area contributed by atoms with E-state index in [9.17, 15) is 14.4 Å². The molecule has 2 aliphatic rings. The number of anilines is 1. The summed E-state index contributed by atoms with van der Waals surface area (Å²) in [6, 6.07) is 6.73. The van der Waals surface area contributed by atoms with E-state index in [-0.39, 0.29) is 40.2 Å². The number of hydrogen-bond acceptors (Lipinski definition) is 8. The lowest BCUT2D eigenvalue weighted by molar-refractivity contribution is -0.129. The van der Waals surface area contributed by atoms with Crippen molar-refractivity contribution in [1.29, 1.82) is 0 Å². The molecular weight excluding hydrogens is 462 g/mol. The number of hydrogen-bond donors (Lipinski definition) is 2. The standard InChI is InChI=1S/C24H24ClN3O6/c1-13-10-14(26-9-7-19(30)28-18-6-4-5-8-27-18)11-17(29)24(13)23(31)20-15(32-2)12-16(33-3)21(25)22(20)34-24/h4-6,8,11-13,26H,7,9-10H2,1-3H3,(H,27,28,30)/t13-,24+/m1/s1. The van der Waals surface area contributed by atoms with Gasteiger partial charge in [0.1, 0.15) is 27.9 Å². The number of fused-ring (bicyclic) bond motifs is 1. The summed E-state index contributed by atoms with van der Waals surface area (Å²) < 4.78 is 16.6. The number of aromatic nitrogens is 1. The Morgan fingerprint density at radius 3 is 2.68 bits per heavy atom. The molecule has 34 heavy (non-hydrogen) atoms. The second-order valence-corrected chi connectivity index (χ2v) is 8.42. The fourth-order valence-corrected chi connectivity index (χ4v) is 4.50. The van der Waals surface area contributed by atoms with Gasteiger partial charge in [0.15, 0.2) is 5.75 Å². The number of nitrogens with zero attached hydrogens (tertiary/aromatic N) is 1. The molecule has 0 fully saturated rings. The fourth-order valence-electron chi connectivity index (χ4n) is 4.23. The minimum atomic E-state index is -1.73. The van der Waals surface area contributed by atoms with Gasteiger partial charge in [-0.3, -0.25) is 14.4 Å². The average Bonchev–Trinajstić information content (AvgIpc) is 3.13. The van der Waals surface area contributed by atoms with Crippen LogP contribution in [0.5, 0.6) is 17.2 Å². The van der Waals surface area contributed by atoms with Crippen LogP contribution in [-0.2, 0) is 9.59 Å². The summed E-state index contributed by atoms with van der Waals surface area (Å²) in [5, 5.41) is 5.92. The van der Waals surface area contributed by atoms with Crippen LogP contribution in [0.2, 0.25) is 5.02 Å². The van der Waals surface area contributed by atoms with Crippen LogP contribution in [0.4, 0.5) is 5.82 Å². The molecule has 2 N–H and O–H groups in total. The van der Waals surface area contributed by atoms with Crippen molar-refractivity contribution in [2.75, 3.05) is 26.1 Å². The van der Waals surface area contributed by atoms with E-state index < -0.39 is 23.1 Å². The first-order valence-corrected chi connectivity index (χ1v) is 11.1. The second-order valence-electron chi connectivity index (χ2n) is 8.04. The minimum absolute atomic E-state index is 0.0825. The molecule has 1 aromatic carbocycles. The Morgan fingerprint density at radius 1 is 1.26 bits per heavy atom. The molecule has 1 spiro atoms. The molecule has 2 heterocycles. The van der Waals surface area contributed by atoms with Gasteiger partial charge in [-0.25, -0.2) is 4.98 Å². The van der Waals surface area contributed by atoms with Crippen LogP contribution in [0.3, 0.4) is 0 Å². The van der Waals surface area contributed by atoms with Crippen molar-refractivity contribution in [1.82, 2.24) is 10.3 Å². The van der Waals surface area contributed by atoms with E-state index in [0.717, 1.165) is 0 Å². The molecule has 4 rings (SSSR count). The number of allylic oxidation sites excluding steroid dienone is 1. The van der Waals surface area contributed by atoms with Crippen LogP contribution in [0, 0.1) is 5.92 Å². The maximum Gasteiger partial charge on any atom is 0.236 e. The third-order valence-electron chi connectivity index (χ3n) is 5.95. The molecule has 1 aromatic heterocycles. The third-order valence-corrected chi connectivity index (χ3v) is 6.30. The first kappa shape index (κ1) is 23.6. The molecule has 2 aromatic rings. The molecular formula is C24H24ClN3O6. The fraction of sp³-hybridized carbons (Fsp3) is 0.333. The summed E-state index contributed by atoms with van der Waals surface area (Å²) in [5.41, 5.74) is -0.978. The highest BCUT2D eigenvalue weighted by molar-refractivity contribution is 6.36. The SMILES string of the molecule is COc1cc(OC)c2c(c1Cl)O[C@@]1(C(=O)C=C(NCCC(=O)Nc3ccccn3)C[C@H]1C)C2=O. The van der Waals surface area contributed by atoms with Gasteiger partial charge in [0, 0.05) is 42.9 Å². The van der Waals surface area contributed by atoms with Crippen LogP contribution < -0.4 is 24.8 Å². The molecule has 1 aliphatic heterocycles. The maximum absolute atomic E-state index is 13.5. The van der Waals surface area contributed by atoms with Crippen molar-refractivity contribution in [3.8, 4) is 17.2 Å². The molecule has 10 heteroatoms. The zero-order valence-corrected chi connectivity index (χ0v) is 19.7. The van der Waals surface area contributed by atoms with Gasteiger partial charge in [-0.2, -0.15) is 0 Å². The lowest BCUT2D eigenvalue weighted by Gasteiger charge is -2.35. The van der Waals surface area contributed by atoms with Crippen LogP contribution in [0.25, 0.3) is 0 Å². The van der Waals surface area contributed by atoms with Crippen molar-refractivity contribution >= 4 is 34.9 Å².